The number of aromatic nitrogens is 1. The maximum atomic E-state index is 12.5. The molecule has 1 amide bonds. The summed E-state index contributed by atoms with van der Waals surface area (Å²) in [5, 5.41) is 3.04. The Morgan fingerprint density at radius 2 is 2.00 bits per heavy atom. The van der Waals surface area contributed by atoms with Crippen molar-refractivity contribution in [1.82, 2.24) is 15.2 Å². The monoisotopic (exact) mass is 386 g/mol. The van der Waals surface area contributed by atoms with E-state index in [0.717, 1.165) is 61.7 Å². The van der Waals surface area contributed by atoms with Crippen molar-refractivity contribution in [3.63, 3.8) is 0 Å². The molecule has 5 nitrogen and oxygen atoms in total. The molecule has 0 spiro atoms. The Labute approximate surface area is 166 Å². The second-order valence-corrected chi connectivity index (χ2v) is 8.30. The van der Waals surface area contributed by atoms with Crippen LogP contribution in [0.15, 0.2) is 24.4 Å². The van der Waals surface area contributed by atoms with Gasteiger partial charge in [0.1, 0.15) is 5.82 Å². The summed E-state index contributed by atoms with van der Waals surface area (Å²) in [5.41, 5.74) is 2.34. The van der Waals surface area contributed by atoms with Gasteiger partial charge in [-0.15, -0.1) is 11.3 Å². The predicted molar refractivity (Wildman–Crippen MR) is 113 cm³/mol. The Morgan fingerprint density at radius 3 is 2.63 bits per heavy atom. The predicted octanol–water partition coefficient (Wildman–Crippen LogP) is 3.34. The number of hydrogen-bond donors (Lipinski definition) is 1. The van der Waals surface area contributed by atoms with Crippen LogP contribution in [0.5, 0.6) is 0 Å². The summed E-state index contributed by atoms with van der Waals surface area (Å²) in [4.78, 5) is 23.9. The van der Waals surface area contributed by atoms with E-state index in [0.29, 0.717) is 6.54 Å². The first-order chi connectivity index (χ1) is 13.1. The molecule has 0 unspecified atom stereocenters. The van der Waals surface area contributed by atoms with Crippen molar-refractivity contribution in [1.29, 1.82) is 0 Å². The van der Waals surface area contributed by atoms with E-state index >= 15 is 0 Å². The number of anilines is 1. The lowest BCUT2D eigenvalue weighted by atomic mass is 10.1. The van der Waals surface area contributed by atoms with Gasteiger partial charge in [0, 0.05) is 43.8 Å². The molecule has 0 radical (unpaired) electrons. The molecule has 27 heavy (non-hydrogen) atoms. The summed E-state index contributed by atoms with van der Waals surface area (Å²) in [6.07, 6.45) is 5.03. The van der Waals surface area contributed by atoms with E-state index in [1.807, 2.05) is 6.20 Å². The number of amides is 1. The summed E-state index contributed by atoms with van der Waals surface area (Å²) in [5.74, 6) is 1.04. The number of nitrogens with one attached hydrogen (secondary N) is 1. The molecule has 0 saturated carbocycles. The van der Waals surface area contributed by atoms with Crippen LogP contribution in [-0.2, 0) is 19.4 Å². The highest BCUT2D eigenvalue weighted by molar-refractivity contribution is 7.14. The third-order valence-corrected chi connectivity index (χ3v) is 6.30. The first kappa shape index (κ1) is 19.8. The minimum Gasteiger partial charge on any atom is -0.354 e. The van der Waals surface area contributed by atoms with Crippen molar-refractivity contribution in [3.8, 4) is 0 Å². The molecule has 6 heteroatoms. The summed E-state index contributed by atoms with van der Waals surface area (Å²) in [6.45, 7) is 9.00. The first-order valence-electron chi connectivity index (χ1n) is 9.89. The summed E-state index contributed by atoms with van der Waals surface area (Å²) in [6, 6.07) is 6.18. The van der Waals surface area contributed by atoms with E-state index in [-0.39, 0.29) is 5.91 Å². The summed E-state index contributed by atoms with van der Waals surface area (Å²) in [7, 11) is 2.15. The van der Waals surface area contributed by atoms with Crippen LogP contribution in [-0.4, -0.2) is 49.0 Å². The van der Waals surface area contributed by atoms with E-state index < -0.39 is 0 Å². The van der Waals surface area contributed by atoms with Gasteiger partial charge in [-0.1, -0.05) is 26.3 Å². The molecule has 0 atom stereocenters. The molecule has 1 saturated heterocycles. The van der Waals surface area contributed by atoms with E-state index in [2.05, 4.69) is 59.2 Å². The fourth-order valence-electron chi connectivity index (χ4n) is 3.33. The molecule has 2 aromatic rings. The largest absolute Gasteiger partial charge is 0.354 e. The SMILES string of the molecule is CCCc1sc(C(=O)NCc2ccc(N3CCN(C)CC3)nc2)cc1CC. The van der Waals surface area contributed by atoms with Gasteiger partial charge in [0.2, 0.25) is 0 Å². The van der Waals surface area contributed by atoms with Crippen LogP contribution < -0.4 is 10.2 Å². The second-order valence-electron chi connectivity index (χ2n) is 7.16. The van der Waals surface area contributed by atoms with E-state index in [1.165, 1.54) is 10.4 Å². The molecule has 1 aliphatic heterocycles. The van der Waals surface area contributed by atoms with E-state index in [9.17, 15) is 4.79 Å². The van der Waals surface area contributed by atoms with Gasteiger partial charge in [-0.2, -0.15) is 0 Å². The summed E-state index contributed by atoms with van der Waals surface area (Å²) >= 11 is 1.63. The third kappa shape index (κ3) is 5.08. The topological polar surface area (TPSA) is 48.5 Å². The zero-order valence-corrected chi connectivity index (χ0v) is 17.4. The highest BCUT2D eigenvalue weighted by atomic mass is 32.1. The lowest BCUT2D eigenvalue weighted by molar-refractivity contribution is 0.0955. The number of hydrogen-bond acceptors (Lipinski definition) is 5. The fourth-order valence-corrected chi connectivity index (χ4v) is 4.60. The van der Waals surface area contributed by atoms with Gasteiger partial charge in [0.25, 0.3) is 5.91 Å². The molecular formula is C21H30N4OS. The minimum absolute atomic E-state index is 0.0141. The van der Waals surface area contributed by atoms with Crippen LogP contribution in [0.4, 0.5) is 5.82 Å². The van der Waals surface area contributed by atoms with E-state index in [4.69, 9.17) is 0 Å². The molecule has 0 aromatic carbocycles. The number of piperazine rings is 1. The van der Waals surface area contributed by atoms with E-state index in [1.54, 1.807) is 11.3 Å². The van der Waals surface area contributed by atoms with Crippen molar-refractivity contribution in [2.45, 2.75) is 39.7 Å². The smallest absolute Gasteiger partial charge is 0.261 e. The lowest BCUT2D eigenvalue weighted by Gasteiger charge is -2.33. The van der Waals surface area contributed by atoms with Crippen LogP contribution in [0.1, 0.15) is 45.9 Å². The number of carbonyl (C=O) groups excluding carboxylic acids is 1. The number of likely N-dealkylation sites (N-methyl/N-ethyl adjacent to an activating group) is 1. The number of nitrogens with zero attached hydrogens (tertiary/aromatic N) is 3. The van der Waals surface area contributed by atoms with Crippen molar-refractivity contribution in [2.75, 3.05) is 38.1 Å². The maximum Gasteiger partial charge on any atom is 0.261 e. The number of thiophene rings is 1. The van der Waals surface area contributed by atoms with Gasteiger partial charge in [-0.3, -0.25) is 4.79 Å². The number of rotatable bonds is 7. The molecule has 1 aliphatic rings. The van der Waals surface area contributed by atoms with Gasteiger partial charge in [-0.05, 0) is 43.1 Å². The Morgan fingerprint density at radius 1 is 1.22 bits per heavy atom. The Bertz CT molecular complexity index is 748. The number of pyridine rings is 1. The first-order valence-corrected chi connectivity index (χ1v) is 10.7. The highest BCUT2D eigenvalue weighted by Crippen LogP contribution is 2.24. The average Bonchev–Trinajstić information content (AvgIpc) is 3.11. The molecule has 0 aliphatic carbocycles. The fraction of sp³-hybridized carbons (Fsp3) is 0.524. The van der Waals surface area contributed by atoms with Crippen molar-refractivity contribution in [2.24, 2.45) is 0 Å². The second kappa shape index (κ2) is 9.33. The van der Waals surface area contributed by atoms with Gasteiger partial charge < -0.3 is 15.1 Å². The summed E-state index contributed by atoms with van der Waals surface area (Å²) < 4.78 is 0. The van der Waals surface area contributed by atoms with Gasteiger partial charge in [0.15, 0.2) is 0 Å². The van der Waals surface area contributed by atoms with Crippen LogP contribution >= 0.6 is 11.3 Å². The molecule has 1 N–H and O–H groups in total. The van der Waals surface area contributed by atoms with Gasteiger partial charge >= 0.3 is 0 Å². The third-order valence-electron chi connectivity index (χ3n) is 5.07. The molecule has 3 heterocycles. The van der Waals surface area contributed by atoms with Crippen LogP contribution in [0.3, 0.4) is 0 Å². The average molecular weight is 387 g/mol. The van der Waals surface area contributed by atoms with Crippen molar-refractivity contribution >= 4 is 23.1 Å². The molecule has 2 aromatic heterocycles. The van der Waals surface area contributed by atoms with Crippen LogP contribution in [0.25, 0.3) is 0 Å². The minimum atomic E-state index is 0.0141. The molecule has 1 fully saturated rings. The molecule has 146 valence electrons. The zero-order chi connectivity index (χ0) is 19.2. The van der Waals surface area contributed by atoms with Crippen molar-refractivity contribution in [3.05, 3.63) is 45.3 Å². The normalized spacial score (nSPS) is 15.1. The Kier molecular flexibility index (Phi) is 6.85. The molecule has 0 bridgehead atoms. The quantitative estimate of drug-likeness (QED) is 0.793. The van der Waals surface area contributed by atoms with Crippen molar-refractivity contribution < 1.29 is 4.79 Å². The number of aryl methyl sites for hydroxylation is 2. The van der Waals surface area contributed by atoms with Gasteiger partial charge in [0.05, 0.1) is 4.88 Å². The van der Waals surface area contributed by atoms with Crippen LogP contribution in [0.2, 0.25) is 0 Å². The zero-order valence-electron chi connectivity index (χ0n) is 16.6. The standard InChI is InChI=1S/C21H30N4OS/c1-4-6-18-17(5-2)13-19(27-18)21(26)23-15-16-7-8-20(22-14-16)25-11-9-24(3)10-12-25/h7-8,13-14H,4-6,9-12,15H2,1-3H3,(H,23,26). The molecular weight excluding hydrogens is 356 g/mol. The highest BCUT2D eigenvalue weighted by Gasteiger charge is 2.16. The molecule has 3 rings (SSSR count). The maximum absolute atomic E-state index is 12.5. The lowest BCUT2D eigenvalue weighted by Crippen LogP contribution is -2.44. The van der Waals surface area contributed by atoms with Crippen LogP contribution in [0, 0.1) is 0 Å². The number of carbonyl (C=O) groups is 1. The Hall–Kier alpha value is -1.92. The Balaban J connectivity index is 1.56. The van der Waals surface area contributed by atoms with Gasteiger partial charge in [-0.25, -0.2) is 4.98 Å².